The number of aryl methyl sites for hydroxylation is 4. The van der Waals surface area contributed by atoms with Gasteiger partial charge in [0.2, 0.25) is 0 Å². The number of Topliss-reactive ketones (excluding diaryl/α,β-unsaturated/α-hetero) is 1. The molecule has 1 heterocycles. The summed E-state index contributed by atoms with van der Waals surface area (Å²) in [7, 11) is 0. The quantitative estimate of drug-likeness (QED) is 0.164. The summed E-state index contributed by atoms with van der Waals surface area (Å²) < 4.78 is 5.28. The number of esters is 1. The highest BCUT2D eigenvalue weighted by atomic mass is 16.5. The van der Waals surface area contributed by atoms with Crippen LogP contribution in [0.2, 0.25) is 0 Å². The Kier molecular flexibility index (Phi) is 6.42. The molecule has 2 aliphatic rings. The molecule has 0 radical (unpaired) electrons. The van der Waals surface area contributed by atoms with E-state index >= 15 is 0 Å². The van der Waals surface area contributed by atoms with Crippen molar-refractivity contribution in [1.29, 1.82) is 0 Å². The third kappa shape index (κ3) is 4.55. The minimum absolute atomic E-state index is 0.0129. The summed E-state index contributed by atoms with van der Waals surface area (Å²) >= 11 is 0. The van der Waals surface area contributed by atoms with Crippen molar-refractivity contribution < 1.29 is 24.2 Å². The molecule has 1 unspecified atom stereocenters. The first-order chi connectivity index (χ1) is 17.7. The Morgan fingerprint density at radius 1 is 0.919 bits per heavy atom. The molecule has 37 heavy (non-hydrogen) atoms. The predicted molar refractivity (Wildman–Crippen MR) is 142 cm³/mol. The zero-order valence-corrected chi connectivity index (χ0v) is 21.2. The van der Waals surface area contributed by atoms with Crippen molar-refractivity contribution in [2.24, 2.45) is 0 Å². The van der Waals surface area contributed by atoms with E-state index in [4.69, 9.17) is 4.74 Å². The lowest BCUT2D eigenvalue weighted by molar-refractivity contribution is -0.132. The molecule has 188 valence electrons. The van der Waals surface area contributed by atoms with Crippen LogP contribution in [0.25, 0.3) is 5.76 Å². The van der Waals surface area contributed by atoms with Crippen LogP contribution >= 0.6 is 0 Å². The highest BCUT2D eigenvalue weighted by Gasteiger charge is 2.47. The lowest BCUT2D eigenvalue weighted by Gasteiger charge is -2.26. The Hall–Kier alpha value is -4.19. The summed E-state index contributed by atoms with van der Waals surface area (Å²) in [5.41, 5.74) is 6.08. The van der Waals surface area contributed by atoms with Crippen molar-refractivity contribution in [2.75, 3.05) is 4.90 Å². The van der Waals surface area contributed by atoms with Crippen LogP contribution in [0.15, 0.2) is 66.2 Å². The van der Waals surface area contributed by atoms with Gasteiger partial charge in [0.1, 0.15) is 11.5 Å². The molecule has 6 heteroatoms. The number of benzene rings is 3. The van der Waals surface area contributed by atoms with Gasteiger partial charge in [-0.25, -0.2) is 0 Å². The third-order valence-corrected chi connectivity index (χ3v) is 7.27. The minimum Gasteiger partial charge on any atom is -0.507 e. The second kappa shape index (κ2) is 9.69. The molecule has 1 fully saturated rings. The van der Waals surface area contributed by atoms with Crippen LogP contribution in [0.1, 0.15) is 59.2 Å². The zero-order valence-electron chi connectivity index (χ0n) is 21.2. The topological polar surface area (TPSA) is 83.9 Å². The van der Waals surface area contributed by atoms with Crippen molar-refractivity contribution in [3.63, 3.8) is 0 Å². The molecular formula is C31H29NO5. The maximum atomic E-state index is 13.5. The Bertz CT molecular complexity index is 1470. The first-order valence-electron chi connectivity index (χ1n) is 12.5. The average Bonchev–Trinajstić information content (AvgIpc) is 3.15. The van der Waals surface area contributed by atoms with Gasteiger partial charge in [0.05, 0.1) is 11.6 Å². The molecule has 1 amide bonds. The van der Waals surface area contributed by atoms with Crippen molar-refractivity contribution >= 4 is 29.1 Å². The first kappa shape index (κ1) is 24.5. The van der Waals surface area contributed by atoms with Gasteiger partial charge in [0.15, 0.2) is 0 Å². The van der Waals surface area contributed by atoms with E-state index in [9.17, 15) is 19.5 Å². The monoisotopic (exact) mass is 495 g/mol. The van der Waals surface area contributed by atoms with E-state index in [1.54, 1.807) is 30.3 Å². The number of nitrogens with zero attached hydrogens (tertiary/aromatic N) is 1. The maximum Gasteiger partial charge on any atom is 0.308 e. The SMILES string of the molecule is CC(=O)Oc1cccc(C2/C(=C(/O)c3ccc4c(c3)CCCC4)C(=O)C(=O)N2c2ccc(C)c(C)c2)c1. The molecule has 1 aliphatic heterocycles. The number of aliphatic hydroxyl groups is 1. The largest absolute Gasteiger partial charge is 0.507 e. The number of amides is 1. The maximum absolute atomic E-state index is 13.5. The van der Waals surface area contributed by atoms with Gasteiger partial charge in [0, 0.05) is 18.2 Å². The number of ketones is 1. The van der Waals surface area contributed by atoms with Crippen molar-refractivity contribution in [3.8, 4) is 5.75 Å². The van der Waals surface area contributed by atoms with E-state index in [0.29, 0.717) is 22.6 Å². The molecule has 3 aromatic rings. The fourth-order valence-corrected chi connectivity index (χ4v) is 5.24. The lowest BCUT2D eigenvalue weighted by atomic mass is 9.88. The Morgan fingerprint density at radius 3 is 2.41 bits per heavy atom. The standard InChI is InChI=1S/C31H29NO5/c1-18-11-14-25(15-19(18)2)32-28(23-9-6-10-26(17-23)37-20(3)33)27(30(35)31(32)36)29(34)24-13-12-21-7-4-5-8-22(21)16-24/h6,9-17,28,34H,4-5,7-8H2,1-3H3/b29-27-. The lowest BCUT2D eigenvalue weighted by Crippen LogP contribution is -2.29. The second-order valence-corrected chi connectivity index (χ2v) is 9.79. The number of anilines is 1. The normalized spacial score (nSPS) is 18.6. The van der Waals surface area contributed by atoms with E-state index in [1.807, 2.05) is 44.2 Å². The number of carbonyl (C=O) groups excluding carboxylic acids is 3. The van der Waals surface area contributed by atoms with Gasteiger partial charge < -0.3 is 9.84 Å². The van der Waals surface area contributed by atoms with Gasteiger partial charge >= 0.3 is 5.97 Å². The van der Waals surface area contributed by atoms with Crippen molar-refractivity contribution in [1.82, 2.24) is 0 Å². The minimum atomic E-state index is -0.895. The number of hydrogen-bond donors (Lipinski definition) is 1. The van der Waals surface area contributed by atoms with Crippen LogP contribution in [0.4, 0.5) is 5.69 Å². The molecule has 1 aliphatic carbocycles. The third-order valence-electron chi connectivity index (χ3n) is 7.27. The van der Waals surface area contributed by atoms with E-state index in [0.717, 1.165) is 42.4 Å². The van der Waals surface area contributed by atoms with Crippen LogP contribution in [0, 0.1) is 13.8 Å². The van der Waals surface area contributed by atoms with Gasteiger partial charge in [0.25, 0.3) is 11.7 Å². The van der Waals surface area contributed by atoms with E-state index in [2.05, 4.69) is 0 Å². The molecule has 6 nitrogen and oxygen atoms in total. The van der Waals surface area contributed by atoms with Crippen LogP contribution < -0.4 is 9.64 Å². The Morgan fingerprint density at radius 2 is 1.68 bits per heavy atom. The van der Waals surface area contributed by atoms with Gasteiger partial charge in [-0.05, 0) is 97.7 Å². The summed E-state index contributed by atoms with van der Waals surface area (Å²) in [5.74, 6) is -1.86. The fourth-order valence-electron chi connectivity index (χ4n) is 5.24. The fraction of sp³-hybridized carbons (Fsp3) is 0.258. The van der Waals surface area contributed by atoms with E-state index < -0.39 is 23.7 Å². The summed E-state index contributed by atoms with van der Waals surface area (Å²) in [6.07, 6.45) is 4.13. The number of rotatable bonds is 4. The van der Waals surface area contributed by atoms with Crippen LogP contribution in [-0.4, -0.2) is 22.8 Å². The average molecular weight is 496 g/mol. The van der Waals surface area contributed by atoms with Crippen LogP contribution in [0.5, 0.6) is 5.75 Å². The molecule has 1 atom stereocenters. The molecule has 5 rings (SSSR count). The number of carbonyl (C=O) groups is 3. The van der Waals surface area contributed by atoms with Gasteiger partial charge in [-0.1, -0.05) is 30.3 Å². The van der Waals surface area contributed by atoms with E-state index in [1.165, 1.54) is 17.4 Å². The van der Waals surface area contributed by atoms with Crippen molar-refractivity contribution in [2.45, 2.75) is 52.5 Å². The Labute approximate surface area is 216 Å². The molecule has 1 N–H and O–H groups in total. The van der Waals surface area contributed by atoms with Gasteiger partial charge in [-0.2, -0.15) is 0 Å². The summed E-state index contributed by atoms with van der Waals surface area (Å²) in [4.78, 5) is 40.0. The number of fused-ring (bicyclic) bond motifs is 1. The summed E-state index contributed by atoms with van der Waals surface area (Å²) in [6, 6.07) is 17.1. The zero-order chi connectivity index (χ0) is 26.3. The summed E-state index contributed by atoms with van der Waals surface area (Å²) in [5, 5.41) is 11.5. The molecule has 0 bridgehead atoms. The van der Waals surface area contributed by atoms with Crippen LogP contribution in [0.3, 0.4) is 0 Å². The number of aliphatic hydroxyl groups excluding tert-OH is 1. The molecular weight excluding hydrogens is 466 g/mol. The first-order valence-corrected chi connectivity index (χ1v) is 12.5. The molecule has 3 aromatic carbocycles. The number of ether oxygens (including phenoxy) is 1. The van der Waals surface area contributed by atoms with Crippen molar-refractivity contribution in [3.05, 3.63) is 99.6 Å². The van der Waals surface area contributed by atoms with Gasteiger partial charge in [-0.15, -0.1) is 0 Å². The molecule has 0 saturated carbocycles. The molecule has 0 spiro atoms. The highest BCUT2D eigenvalue weighted by molar-refractivity contribution is 6.51. The van der Waals surface area contributed by atoms with E-state index in [-0.39, 0.29) is 11.3 Å². The Balaban J connectivity index is 1.70. The summed E-state index contributed by atoms with van der Waals surface area (Å²) in [6.45, 7) is 5.23. The second-order valence-electron chi connectivity index (χ2n) is 9.79. The molecule has 1 saturated heterocycles. The molecule has 0 aromatic heterocycles. The van der Waals surface area contributed by atoms with Gasteiger partial charge in [-0.3, -0.25) is 19.3 Å². The van der Waals surface area contributed by atoms with Crippen LogP contribution in [-0.2, 0) is 27.2 Å². The predicted octanol–water partition coefficient (Wildman–Crippen LogP) is 5.73. The smallest absolute Gasteiger partial charge is 0.308 e. The number of hydrogen-bond acceptors (Lipinski definition) is 5. The highest BCUT2D eigenvalue weighted by Crippen LogP contribution is 2.43.